The van der Waals surface area contributed by atoms with Crippen LogP contribution in [0.4, 0.5) is 0 Å². The fourth-order valence-corrected chi connectivity index (χ4v) is 4.79. The second-order valence-corrected chi connectivity index (χ2v) is 9.07. The SMILES string of the molecule is Cc1cc2c(cc1Cl)C(=O)CC1(CCN(C(=O)c3cnn(-c4ccccc4)c3C)CC1)O2. The number of likely N-dealkylation sites (tertiary alicyclic amines) is 1. The summed E-state index contributed by atoms with van der Waals surface area (Å²) >= 11 is 6.20. The van der Waals surface area contributed by atoms with Crippen LogP contribution in [0.3, 0.4) is 0 Å². The molecule has 0 N–H and O–H groups in total. The predicted molar refractivity (Wildman–Crippen MR) is 122 cm³/mol. The quantitative estimate of drug-likeness (QED) is 0.564. The monoisotopic (exact) mass is 449 g/mol. The molecule has 0 bridgehead atoms. The van der Waals surface area contributed by atoms with Gasteiger partial charge in [-0.2, -0.15) is 5.10 Å². The molecule has 1 spiro atoms. The molecule has 0 radical (unpaired) electrons. The lowest BCUT2D eigenvalue weighted by atomic mass is 9.82. The van der Waals surface area contributed by atoms with Crippen LogP contribution in [-0.2, 0) is 0 Å². The van der Waals surface area contributed by atoms with Crippen molar-refractivity contribution in [2.45, 2.75) is 38.7 Å². The first-order chi connectivity index (χ1) is 15.4. The summed E-state index contributed by atoms with van der Waals surface area (Å²) < 4.78 is 8.14. The lowest BCUT2D eigenvalue weighted by molar-refractivity contribution is -0.00574. The van der Waals surface area contributed by atoms with E-state index in [0.717, 1.165) is 16.9 Å². The molecule has 2 aliphatic heterocycles. The number of hydrogen-bond acceptors (Lipinski definition) is 4. The Labute approximate surface area is 191 Å². The molecule has 2 aliphatic rings. The van der Waals surface area contributed by atoms with Crippen molar-refractivity contribution >= 4 is 23.3 Å². The van der Waals surface area contributed by atoms with Gasteiger partial charge < -0.3 is 9.64 Å². The Kier molecular flexibility index (Phi) is 5.05. The highest BCUT2D eigenvalue weighted by molar-refractivity contribution is 6.31. The third-order valence-electron chi connectivity index (χ3n) is 6.57. The molecule has 164 valence electrons. The number of ether oxygens (including phenoxy) is 1. The number of fused-ring (bicyclic) bond motifs is 1. The number of rotatable bonds is 2. The number of ketones is 1. The molecule has 0 aliphatic carbocycles. The van der Waals surface area contributed by atoms with E-state index in [2.05, 4.69) is 5.10 Å². The van der Waals surface area contributed by atoms with Gasteiger partial charge in [-0.3, -0.25) is 9.59 Å². The molecule has 0 unspecified atom stereocenters. The second-order valence-electron chi connectivity index (χ2n) is 8.67. The molecule has 3 aromatic rings. The van der Waals surface area contributed by atoms with Gasteiger partial charge in [-0.1, -0.05) is 29.8 Å². The van der Waals surface area contributed by atoms with Gasteiger partial charge in [0.15, 0.2) is 5.78 Å². The lowest BCUT2D eigenvalue weighted by Crippen LogP contribution is -2.52. The first kappa shape index (κ1) is 20.8. The molecular weight excluding hydrogens is 426 g/mol. The maximum absolute atomic E-state index is 13.2. The number of para-hydroxylation sites is 1. The number of hydrogen-bond donors (Lipinski definition) is 0. The Bertz CT molecular complexity index is 1210. The highest BCUT2D eigenvalue weighted by atomic mass is 35.5. The van der Waals surface area contributed by atoms with Crippen LogP contribution in [0.1, 0.15) is 51.2 Å². The minimum absolute atomic E-state index is 0.0373. The fraction of sp³-hybridized carbons (Fsp3) is 0.320. The van der Waals surface area contributed by atoms with E-state index in [1.54, 1.807) is 16.9 Å². The maximum Gasteiger partial charge on any atom is 0.257 e. The molecule has 0 atom stereocenters. The third-order valence-corrected chi connectivity index (χ3v) is 6.98. The lowest BCUT2D eigenvalue weighted by Gasteiger charge is -2.44. The van der Waals surface area contributed by atoms with Crippen LogP contribution < -0.4 is 4.74 Å². The zero-order valence-electron chi connectivity index (χ0n) is 18.1. The largest absolute Gasteiger partial charge is 0.486 e. The van der Waals surface area contributed by atoms with Crippen LogP contribution in [0.5, 0.6) is 5.75 Å². The molecule has 1 aromatic heterocycles. The molecule has 32 heavy (non-hydrogen) atoms. The third kappa shape index (κ3) is 3.48. The number of nitrogens with zero attached hydrogens (tertiary/aromatic N) is 3. The Morgan fingerprint density at radius 1 is 1.12 bits per heavy atom. The summed E-state index contributed by atoms with van der Waals surface area (Å²) in [7, 11) is 0. The number of aryl methyl sites for hydroxylation is 1. The van der Waals surface area contributed by atoms with Gasteiger partial charge in [0.2, 0.25) is 0 Å². The van der Waals surface area contributed by atoms with Crippen molar-refractivity contribution in [1.82, 2.24) is 14.7 Å². The van der Waals surface area contributed by atoms with Crippen LogP contribution in [0.2, 0.25) is 5.02 Å². The number of benzene rings is 2. The number of halogens is 1. The molecule has 3 heterocycles. The van der Waals surface area contributed by atoms with Gasteiger partial charge in [-0.15, -0.1) is 0 Å². The van der Waals surface area contributed by atoms with Gasteiger partial charge in [0, 0.05) is 31.0 Å². The van der Waals surface area contributed by atoms with Crippen LogP contribution in [0.25, 0.3) is 5.69 Å². The van der Waals surface area contributed by atoms with Crippen molar-refractivity contribution in [3.63, 3.8) is 0 Å². The zero-order valence-corrected chi connectivity index (χ0v) is 18.9. The average Bonchev–Trinajstić information content (AvgIpc) is 3.17. The zero-order chi connectivity index (χ0) is 22.5. The molecule has 1 amide bonds. The molecule has 7 heteroatoms. The summed E-state index contributed by atoms with van der Waals surface area (Å²) in [5.41, 5.74) is 3.20. The molecule has 5 rings (SSSR count). The summed E-state index contributed by atoms with van der Waals surface area (Å²) in [5, 5.41) is 5.00. The standard InChI is InChI=1S/C25H24ClN3O3/c1-16-12-23-19(13-21(16)26)22(30)14-25(32-23)8-10-28(11-9-25)24(31)20-15-27-29(17(20)2)18-6-4-3-5-7-18/h3-7,12-13,15H,8-11,14H2,1-2H3. The van der Waals surface area contributed by atoms with E-state index in [9.17, 15) is 9.59 Å². The van der Waals surface area contributed by atoms with E-state index < -0.39 is 5.60 Å². The minimum atomic E-state index is -0.565. The second kappa shape index (κ2) is 7.78. The number of piperidine rings is 1. The van der Waals surface area contributed by atoms with Gasteiger partial charge in [-0.05, 0) is 43.7 Å². The summed E-state index contributed by atoms with van der Waals surface area (Å²) in [6.07, 6.45) is 3.17. The number of amides is 1. The number of carbonyl (C=O) groups excluding carboxylic acids is 2. The highest BCUT2D eigenvalue weighted by Gasteiger charge is 2.44. The fourth-order valence-electron chi connectivity index (χ4n) is 4.63. The van der Waals surface area contributed by atoms with Crippen molar-refractivity contribution in [3.8, 4) is 11.4 Å². The van der Waals surface area contributed by atoms with Crippen LogP contribution in [-0.4, -0.2) is 45.1 Å². The number of Topliss-reactive ketones (excluding diaryl/α,β-unsaturated/α-hetero) is 1. The van der Waals surface area contributed by atoms with Crippen LogP contribution in [0.15, 0.2) is 48.7 Å². The molecular formula is C25H24ClN3O3. The van der Waals surface area contributed by atoms with Crippen molar-refractivity contribution in [2.75, 3.05) is 13.1 Å². The molecule has 2 aromatic carbocycles. The first-order valence-electron chi connectivity index (χ1n) is 10.8. The van der Waals surface area contributed by atoms with E-state index in [1.165, 1.54) is 0 Å². The van der Waals surface area contributed by atoms with Crippen molar-refractivity contribution in [2.24, 2.45) is 0 Å². The van der Waals surface area contributed by atoms with Crippen LogP contribution >= 0.6 is 11.6 Å². The molecule has 0 saturated carbocycles. The van der Waals surface area contributed by atoms with Gasteiger partial charge in [0.1, 0.15) is 11.4 Å². The summed E-state index contributed by atoms with van der Waals surface area (Å²) in [6.45, 7) is 4.87. The Morgan fingerprint density at radius 3 is 2.56 bits per heavy atom. The predicted octanol–water partition coefficient (Wildman–Crippen LogP) is 4.78. The van der Waals surface area contributed by atoms with Gasteiger partial charge >= 0.3 is 0 Å². The van der Waals surface area contributed by atoms with E-state index in [4.69, 9.17) is 16.3 Å². The van der Waals surface area contributed by atoms with E-state index >= 15 is 0 Å². The van der Waals surface area contributed by atoms with E-state index in [0.29, 0.717) is 54.3 Å². The summed E-state index contributed by atoms with van der Waals surface area (Å²) in [6, 6.07) is 13.3. The molecule has 1 fully saturated rings. The van der Waals surface area contributed by atoms with E-state index in [-0.39, 0.29) is 11.7 Å². The summed E-state index contributed by atoms with van der Waals surface area (Å²) in [4.78, 5) is 27.9. The highest BCUT2D eigenvalue weighted by Crippen LogP contribution is 2.41. The van der Waals surface area contributed by atoms with Crippen LogP contribution in [0, 0.1) is 13.8 Å². The average molecular weight is 450 g/mol. The molecule has 1 saturated heterocycles. The van der Waals surface area contributed by atoms with Gasteiger partial charge in [0.25, 0.3) is 5.91 Å². The minimum Gasteiger partial charge on any atom is -0.486 e. The Hall–Kier alpha value is -3.12. The maximum atomic E-state index is 13.2. The Morgan fingerprint density at radius 2 is 1.84 bits per heavy atom. The molecule has 6 nitrogen and oxygen atoms in total. The van der Waals surface area contributed by atoms with Gasteiger partial charge in [0.05, 0.1) is 35.1 Å². The Balaban J connectivity index is 1.32. The van der Waals surface area contributed by atoms with E-state index in [1.807, 2.05) is 55.1 Å². The van der Waals surface area contributed by atoms with Crippen molar-refractivity contribution < 1.29 is 14.3 Å². The normalized spacial score (nSPS) is 17.2. The topological polar surface area (TPSA) is 64.4 Å². The van der Waals surface area contributed by atoms with Crippen molar-refractivity contribution in [1.29, 1.82) is 0 Å². The van der Waals surface area contributed by atoms with Crippen molar-refractivity contribution in [3.05, 3.63) is 76.1 Å². The van der Waals surface area contributed by atoms with Gasteiger partial charge in [-0.25, -0.2) is 4.68 Å². The number of carbonyl (C=O) groups is 2. The summed E-state index contributed by atoms with van der Waals surface area (Å²) in [5.74, 6) is 0.612. The smallest absolute Gasteiger partial charge is 0.257 e. The first-order valence-corrected chi connectivity index (χ1v) is 11.2. The number of aromatic nitrogens is 2.